The van der Waals surface area contributed by atoms with Gasteiger partial charge in [0, 0.05) is 18.0 Å². The minimum atomic E-state index is -0.300. The van der Waals surface area contributed by atoms with Crippen LogP contribution in [0.25, 0.3) is 10.2 Å². The van der Waals surface area contributed by atoms with Gasteiger partial charge in [-0.3, -0.25) is 14.2 Å². The smallest absolute Gasteiger partial charge is 0.262 e. The van der Waals surface area contributed by atoms with Crippen molar-refractivity contribution in [2.24, 2.45) is 0 Å². The Bertz CT molecular complexity index is 951. The predicted molar refractivity (Wildman–Crippen MR) is 98.8 cm³/mol. The summed E-state index contributed by atoms with van der Waals surface area (Å²) in [6, 6.07) is 7.77. The van der Waals surface area contributed by atoms with Crippen LogP contribution in [0.3, 0.4) is 0 Å². The van der Waals surface area contributed by atoms with Crippen LogP contribution in [0.1, 0.15) is 5.82 Å². The van der Waals surface area contributed by atoms with Gasteiger partial charge in [0.05, 0.1) is 11.1 Å². The SMILES string of the molecule is Cc1nc2sccc2c(=O)n1CCNC(=O)CSc1ccc(F)cc1. The predicted octanol–water partition coefficient (Wildman–Crippen LogP) is 2.81. The van der Waals surface area contributed by atoms with Crippen LogP contribution < -0.4 is 10.9 Å². The van der Waals surface area contributed by atoms with Gasteiger partial charge < -0.3 is 5.32 Å². The van der Waals surface area contributed by atoms with E-state index in [1.807, 2.05) is 5.38 Å². The molecule has 0 aliphatic rings. The van der Waals surface area contributed by atoms with E-state index in [0.717, 1.165) is 9.73 Å². The number of nitrogens with zero attached hydrogens (tertiary/aromatic N) is 2. The first kappa shape index (κ1) is 17.6. The molecule has 0 aliphatic carbocycles. The summed E-state index contributed by atoms with van der Waals surface area (Å²) < 4.78 is 14.4. The number of thiophene rings is 1. The highest BCUT2D eigenvalue weighted by Crippen LogP contribution is 2.17. The maximum Gasteiger partial charge on any atom is 0.262 e. The molecule has 0 atom stereocenters. The number of carbonyl (C=O) groups is 1. The molecule has 5 nitrogen and oxygen atoms in total. The van der Waals surface area contributed by atoms with Crippen molar-refractivity contribution < 1.29 is 9.18 Å². The number of amides is 1. The van der Waals surface area contributed by atoms with Crippen LogP contribution >= 0.6 is 23.1 Å². The van der Waals surface area contributed by atoms with Gasteiger partial charge in [-0.1, -0.05) is 0 Å². The van der Waals surface area contributed by atoms with Crippen molar-refractivity contribution in [2.75, 3.05) is 12.3 Å². The third-order valence-electron chi connectivity index (χ3n) is 3.62. The van der Waals surface area contributed by atoms with E-state index in [4.69, 9.17) is 0 Å². The van der Waals surface area contributed by atoms with Gasteiger partial charge in [-0.05, 0) is 42.6 Å². The van der Waals surface area contributed by atoms with E-state index in [1.165, 1.54) is 35.2 Å². The van der Waals surface area contributed by atoms with Gasteiger partial charge >= 0.3 is 0 Å². The van der Waals surface area contributed by atoms with Gasteiger partial charge in [-0.25, -0.2) is 9.37 Å². The first-order chi connectivity index (χ1) is 12.0. The lowest BCUT2D eigenvalue weighted by atomic mass is 10.4. The number of aromatic nitrogens is 2. The molecule has 25 heavy (non-hydrogen) atoms. The summed E-state index contributed by atoms with van der Waals surface area (Å²) in [4.78, 5) is 30.3. The molecule has 0 bridgehead atoms. The number of carbonyl (C=O) groups excluding carboxylic acids is 1. The zero-order valence-corrected chi connectivity index (χ0v) is 15.1. The first-order valence-electron chi connectivity index (χ1n) is 7.64. The van der Waals surface area contributed by atoms with Crippen LogP contribution in [0.5, 0.6) is 0 Å². The molecule has 2 aromatic heterocycles. The van der Waals surface area contributed by atoms with Crippen molar-refractivity contribution in [1.82, 2.24) is 14.9 Å². The monoisotopic (exact) mass is 377 g/mol. The minimum absolute atomic E-state index is 0.0845. The second-order valence-electron chi connectivity index (χ2n) is 5.35. The maximum absolute atomic E-state index is 12.8. The van der Waals surface area contributed by atoms with Crippen molar-refractivity contribution in [3.05, 3.63) is 57.7 Å². The molecule has 3 rings (SSSR count). The molecule has 2 heterocycles. The van der Waals surface area contributed by atoms with E-state index in [0.29, 0.717) is 24.3 Å². The lowest BCUT2D eigenvalue weighted by Gasteiger charge is -2.10. The van der Waals surface area contributed by atoms with Gasteiger partial charge in [-0.15, -0.1) is 23.1 Å². The standard InChI is InChI=1S/C17H16FN3O2S2/c1-11-20-16-14(6-9-24-16)17(23)21(11)8-7-19-15(22)10-25-13-4-2-12(18)3-5-13/h2-6,9H,7-8,10H2,1H3,(H,19,22). The van der Waals surface area contributed by atoms with Crippen molar-refractivity contribution in [2.45, 2.75) is 18.4 Å². The summed E-state index contributed by atoms with van der Waals surface area (Å²) in [6.07, 6.45) is 0. The molecule has 3 aromatic rings. The number of thioether (sulfide) groups is 1. The van der Waals surface area contributed by atoms with Gasteiger partial charge in [0.2, 0.25) is 5.91 Å². The summed E-state index contributed by atoms with van der Waals surface area (Å²) in [7, 11) is 0. The topological polar surface area (TPSA) is 64.0 Å². The van der Waals surface area contributed by atoms with Crippen LogP contribution in [0.4, 0.5) is 4.39 Å². The Kier molecular flexibility index (Phi) is 5.50. The Morgan fingerprint density at radius 2 is 2.08 bits per heavy atom. The lowest BCUT2D eigenvalue weighted by molar-refractivity contribution is -0.118. The molecule has 1 N–H and O–H groups in total. The van der Waals surface area contributed by atoms with E-state index in [2.05, 4.69) is 10.3 Å². The van der Waals surface area contributed by atoms with Gasteiger partial charge in [0.15, 0.2) is 0 Å². The van der Waals surface area contributed by atoms with E-state index in [-0.39, 0.29) is 23.0 Å². The molecule has 0 unspecified atom stereocenters. The average Bonchev–Trinajstić information content (AvgIpc) is 3.06. The maximum atomic E-state index is 12.8. The zero-order chi connectivity index (χ0) is 17.8. The Morgan fingerprint density at radius 3 is 2.84 bits per heavy atom. The normalized spacial score (nSPS) is 11.0. The Hall–Kier alpha value is -2.19. The molecule has 1 amide bonds. The largest absolute Gasteiger partial charge is 0.354 e. The second kappa shape index (κ2) is 7.79. The Morgan fingerprint density at radius 1 is 1.32 bits per heavy atom. The van der Waals surface area contributed by atoms with Crippen molar-refractivity contribution in [1.29, 1.82) is 0 Å². The quantitative estimate of drug-likeness (QED) is 0.671. The Labute approximate surface area is 151 Å². The number of aryl methyl sites for hydroxylation is 1. The molecular weight excluding hydrogens is 361 g/mol. The summed E-state index contributed by atoms with van der Waals surface area (Å²) in [6.45, 7) is 2.50. The van der Waals surface area contributed by atoms with E-state index in [9.17, 15) is 14.0 Å². The molecule has 8 heteroatoms. The molecule has 0 fully saturated rings. The van der Waals surface area contributed by atoms with Crippen molar-refractivity contribution in [3.63, 3.8) is 0 Å². The highest BCUT2D eigenvalue weighted by molar-refractivity contribution is 8.00. The van der Waals surface area contributed by atoms with Crippen LogP contribution in [0.2, 0.25) is 0 Å². The fourth-order valence-electron chi connectivity index (χ4n) is 2.35. The Balaban J connectivity index is 1.53. The third kappa shape index (κ3) is 4.26. The van der Waals surface area contributed by atoms with Gasteiger partial charge in [0.1, 0.15) is 16.5 Å². The number of benzene rings is 1. The molecule has 0 saturated heterocycles. The van der Waals surface area contributed by atoms with Crippen molar-refractivity contribution in [3.8, 4) is 0 Å². The fraction of sp³-hybridized carbons (Fsp3) is 0.235. The minimum Gasteiger partial charge on any atom is -0.354 e. The molecule has 0 spiro atoms. The number of hydrogen-bond acceptors (Lipinski definition) is 5. The lowest BCUT2D eigenvalue weighted by Crippen LogP contribution is -2.33. The van der Waals surface area contributed by atoms with Crippen LogP contribution in [-0.2, 0) is 11.3 Å². The molecule has 0 saturated carbocycles. The van der Waals surface area contributed by atoms with Gasteiger partial charge in [-0.2, -0.15) is 0 Å². The van der Waals surface area contributed by atoms with E-state index >= 15 is 0 Å². The summed E-state index contributed by atoms with van der Waals surface area (Å²) in [5, 5.41) is 5.24. The molecule has 1 aromatic carbocycles. The summed E-state index contributed by atoms with van der Waals surface area (Å²) in [5.74, 6) is 0.437. The average molecular weight is 377 g/mol. The molecule has 0 radical (unpaired) electrons. The molecule has 130 valence electrons. The van der Waals surface area contributed by atoms with Crippen LogP contribution in [0.15, 0.2) is 45.4 Å². The molecular formula is C17H16FN3O2S2. The van der Waals surface area contributed by atoms with Crippen molar-refractivity contribution >= 4 is 39.2 Å². The summed E-state index contributed by atoms with van der Waals surface area (Å²) >= 11 is 2.77. The van der Waals surface area contributed by atoms with Crippen LogP contribution in [0, 0.1) is 12.7 Å². The fourth-order valence-corrected chi connectivity index (χ4v) is 3.88. The molecule has 0 aliphatic heterocycles. The van der Waals surface area contributed by atoms with E-state index in [1.54, 1.807) is 29.7 Å². The first-order valence-corrected chi connectivity index (χ1v) is 9.51. The number of halogens is 1. The number of nitrogens with one attached hydrogen (secondary N) is 1. The number of hydrogen-bond donors (Lipinski definition) is 1. The zero-order valence-electron chi connectivity index (χ0n) is 13.5. The van der Waals surface area contributed by atoms with Gasteiger partial charge in [0.25, 0.3) is 5.56 Å². The second-order valence-corrected chi connectivity index (χ2v) is 7.29. The highest BCUT2D eigenvalue weighted by Gasteiger charge is 2.09. The van der Waals surface area contributed by atoms with E-state index < -0.39 is 0 Å². The third-order valence-corrected chi connectivity index (χ3v) is 5.43. The summed E-state index contributed by atoms with van der Waals surface area (Å²) in [5.41, 5.74) is -0.0845. The number of fused-ring (bicyclic) bond motifs is 1. The van der Waals surface area contributed by atoms with Crippen LogP contribution in [-0.4, -0.2) is 27.8 Å². The highest BCUT2D eigenvalue weighted by atomic mass is 32.2. The number of rotatable bonds is 6.